The van der Waals surface area contributed by atoms with Gasteiger partial charge in [0.15, 0.2) is 0 Å². The predicted octanol–water partition coefficient (Wildman–Crippen LogP) is 4.26. The Hall–Kier alpha value is -0.570. The van der Waals surface area contributed by atoms with Gasteiger partial charge in [-0.15, -0.1) is 0 Å². The summed E-state index contributed by atoms with van der Waals surface area (Å²) < 4.78 is 10.6. The molecule has 0 aliphatic carbocycles. The minimum Gasteiger partial charge on any atom is -0.460 e. The van der Waals surface area contributed by atoms with Crippen molar-refractivity contribution >= 4 is 5.97 Å². The van der Waals surface area contributed by atoms with Crippen LogP contribution in [0.5, 0.6) is 0 Å². The lowest BCUT2D eigenvalue weighted by molar-refractivity contribution is -0.153. The smallest absolute Gasteiger partial charge is 0.306 e. The van der Waals surface area contributed by atoms with E-state index in [1.807, 2.05) is 6.42 Å². The summed E-state index contributed by atoms with van der Waals surface area (Å²) in [4.78, 5) is 11.6. The fraction of sp³-hybridized carbons (Fsp3) is 0.824. The number of carbonyl (C=O) groups excluding carboxylic acids is 1. The van der Waals surface area contributed by atoms with E-state index >= 15 is 0 Å². The van der Waals surface area contributed by atoms with Gasteiger partial charge in [0.25, 0.3) is 0 Å². The van der Waals surface area contributed by atoms with Gasteiger partial charge in [0, 0.05) is 6.42 Å². The van der Waals surface area contributed by atoms with E-state index in [1.54, 1.807) is 0 Å². The van der Waals surface area contributed by atoms with Crippen molar-refractivity contribution in [3.63, 3.8) is 0 Å². The molecule has 20 heavy (non-hydrogen) atoms. The summed E-state index contributed by atoms with van der Waals surface area (Å²) in [6.07, 6.45) is 14.3. The second-order valence-electron chi connectivity index (χ2n) is 5.61. The zero-order chi connectivity index (χ0) is 14.5. The summed E-state index contributed by atoms with van der Waals surface area (Å²) in [6, 6.07) is 0. The molecule has 0 aromatic rings. The molecule has 2 radical (unpaired) electrons. The van der Waals surface area contributed by atoms with Crippen LogP contribution in [0.3, 0.4) is 0 Å². The fourth-order valence-electron chi connectivity index (χ4n) is 2.44. The zero-order valence-electron chi connectivity index (χ0n) is 12.8. The van der Waals surface area contributed by atoms with Crippen LogP contribution in [0.1, 0.15) is 70.6 Å². The van der Waals surface area contributed by atoms with Crippen LogP contribution in [0.2, 0.25) is 0 Å². The standard InChI is InChI=1S/C17H30O3/c1-2-3-4-5-6-7-8-9-10-13-17(18)20-16-12-11-14-19-15-16/h11,16H,1-10,12-15H2. The van der Waals surface area contributed by atoms with Crippen molar-refractivity contribution in [2.45, 2.75) is 76.7 Å². The Kier molecular flexibility index (Phi) is 10.7. The van der Waals surface area contributed by atoms with Crippen LogP contribution in [0.25, 0.3) is 0 Å². The molecule has 3 heteroatoms. The van der Waals surface area contributed by atoms with Gasteiger partial charge in [-0.25, -0.2) is 0 Å². The third-order valence-corrected chi connectivity index (χ3v) is 3.65. The van der Waals surface area contributed by atoms with E-state index in [-0.39, 0.29) is 12.1 Å². The molecule has 0 aromatic carbocycles. The summed E-state index contributed by atoms with van der Waals surface area (Å²) in [5, 5.41) is 0. The molecule has 0 bridgehead atoms. The maximum Gasteiger partial charge on any atom is 0.306 e. The third-order valence-electron chi connectivity index (χ3n) is 3.65. The largest absolute Gasteiger partial charge is 0.460 e. The fourth-order valence-corrected chi connectivity index (χ4v) is 2.44. The van der Waals surface area contributed by atoms with Gasteiger partial charge in [-0.3, -0.25) is 4.79 Å². The molecule has 1 aliphatic heterocycles. The molecule has 1 fully saturated rings. The molecule has 1 heterocycles. The summed E-state index contributed by atoms with van der Waals surface area (Å²) >= 11 is 0. The van der Waals surface area contributed by atoms with E-state index in [0.29, 0.717) is 19.6 Å². The van der Waals surface area contributed by atoms with Crippen LogP contribution in [-0.4, -0.2) is 25.3 Å². The van der Waals surface area contributed by atoms with Gasteiger partial charge in [0.1, 0.15) is 6.10 Å². The highest BCUT2D eigenvalue weighted by Gasteiger charge is 2.17. The van der Waals surface area contributed by atoms with Crippen molar-refractivity contribution < 1.29 is 14.3 Å². The molecule has 1 saturated heterocycles. The molecule has 1 aliphatic rings. The molecule has 1 rings (SSSR count). The third kappa shape index (κ3) is 9.35. The molecule has 0 aromatic heterocycles. The number of ether oxygens (including phenoxy) is 2. The Balaban J connectivity index is 1.84. The van der Waals surface area contributed by atoms with Crippen LogP contribution in [0.4, 0.5) is 0 Å². The molecule has 116 valence electrons. The maximum atomic E-state index is 11.6. The maximum absolute atomic E-state index is 11.6. The topological polar surface area (TPSA) is 35.5 Å². The lowest BCUT2D eigenvalue weighted by Crippen LogP contribution is -2.28. The molecule has 0 spiro atoms. The minimum atomic E-state index is -0.0654. The Bertz CT molecular complexity index is 234. The van der Waals surface area contributed by atoms with Gasteiger partial charge >= 0.3 is 5.97 Å². The van der Waals surface area contributed by atoms with Crippen LogP contribution < -0.4 is 0 Å². The monoisotopic (exact) mass is 282 g/mol. The van der Waals surface area contributed by atoms with Crippen molar-refractivity contribution in [2.24, 2.45) is 0 Å². The first-order valence-electron chi connectivity index (χ1n) is 8.21. The van der Waals surface area contributed by atoms with Gasteiger partial charge in [-0.05, 0) is 19.3 Å². The quantitative estimate of drug-likeness (QED) is 0.419. The van der Waals surface area contributed by atoms with Crippen molar-refractivity contribution in [1.82, 2.24) is 0 Å². The highest BCUT2D eigenvalue weighted by Crippen LogP contribution is 2.13. The molecule has 1 unspecified atom stereocenters. The SMILES string of the molecule is [CH2]CCCCCCCCCCC(=O)OC1C[CH]COC1. The van der Waals surface area contributed by atoms with E-state index in [4.69, 9.17) is 9.47 Å². The van der Waals surface area contributed by atoms with Crippen LogP contribution in [0, 0.1) is 13.3 Å². The van der Waals surface area contributed by atoms with Crippen molar-refractivity contribution in [3.05, 3.63) is 13.3 Å². The molecule has 3 nitrogen and oxygen atoms in total. The summed E-state index contributed by atoms with van der Waals surface area (Å²) in [5.74, 6) is -0.0654. The zero-order valence-corrected chi connectivity index (χ0v) is 12.8. The lowest BCUT2D eigenvalue weighted by Gasteiger charge is -2.21. The molecular formula is C17H30O3. The van der Waals surface area contributed by atoms with Crippen molar-refractivity contribution in [1.29, 1.82) is 0 Å². The van der Waals surface area contributed by atoms with Crippen LogP contribution in [0.15, 0.2) is 0 Å². The molecule has 0 saturated carbocycles. The second-order valence-corrected chi connectivity index (χ2v) is 5.61. The molecular weight excluding hydrogens is 252 g/mol. The van der Waals surface area contributed by atoms with Gasteiger partial charge in [-0.1, -0.05) is 58.3 Å². The number of unbranched alkanes of at least 4 members (excludes halogenated alkanes) is 8. The highest BCUT2D eigenvalue weighted by molar-refractivity contribution is 5.69. The van der Waals surface area contributed by atoms with E-state index in [2.05, 4.69) is 6.92 Å². The first-order valence-corrected chi connectivity index (χ1v) is 8.21. The number of rotatable bonds is 11. The van der Waals surface area contributed by atoms with E-state index in [0.717, 1.165) is 25.7 Å². The Morgan fingerprint density at radius 1 is 1.10 bits per heavy atom. The van der Waals surface area contributed by atoms with Gasteiger partial charge in [0.2, 0.25) is 0 Å². The summed E-state index contributed by atoms with van der Waals surface area (Å²) in [7, 11) is 0. The first kappa shape index (κ1) is 17.5. The normalized spacial score (nSPS) is 18.9. The minimum absolute atomic E-state index is 0.0516. The van der Waals surface area contributed by atoms with Gasteiger partial charge < -0.3 is 9.47 Å². The Labute approximate surface area is 124 Å². The number of esters is 1. The van der Waals surface area contributed by atoms with Gasteiger partial charge in [-0.2, -0.15) is 0 Å². The first-order chi connectivity index (χ1) is 9.83. The lowest BCUT2D eigenvalue weighted by atomic mass is 10.1. The van der Waals surface area contributed by atoms with Crippen molar-refractivity contribution in [3.8, 4) is 0 Å². The number of hydrogen-bond donors (Lipinski definition) is 0. The highest BCUT2D eigenvalue weighted by atomic mass is 16.6. The number of hydrogen-bond acceptors (Lipinski definition) is 3. The molecule has 0 N–H and O–H groups in total. The molecule has 1 atom stereocenters. The Morgan fingerprint density at radius 3 is 2.35 bits per heavy atom. The van der Waals surface area contributed by atoms with Crippen LogP contribution >= 0.6 is 0 Å². The Morgan fingerprint density at radius 2 is 1.75 bits per heavy atom. The van der Waals surface area contributed by atoms with E-state index in [9.17, 15) is 4.79 Å². The van der Waals surface area contributed by atoms with Gasteiger partial charge in [0.05, 0.1) is 13.2 Å². The predicted molar refractivity (Wildman–Crippen MR) is 81.1 cm³/mol. The van der Waals surface area contributed by atoms with E-state index in [1.165, 1.54) is 38.5 Å². The number of carbonyl (C=O) groups is 1. The van der Waals surface area contributed by atoms with Crippen molar-refractivity contribution in [2.75, 3.05) is 13.2 Å². The summed E-state index contributed by atoms with van der Waals surface area (Å²) in [6.45, 7) is 5.08. The molecule has 0 amide bonds. The average Bonchev–Trinajstić information content (AvgIpc) is 2.46. The van der Waals surface area contributed by atoms with E-state index < -0.39 is 0 Å². The summed E-state index contributed by atoms with van der Waals surface area (Å²) in [5.41, 5.74) is 0. The second kappa shape index (κ2) is 12.2. The van der Waals surface area contributed by atoms with Crippen LogP contribution in [-0.2, 0) is 14.3 Å². The average molecular weight is 282 g/mol.